The molecule has 2 aromatic rings. The van der Waals surface area contributed by atoms with Crippen molar-refractivity contribution in [3.63, 3.8) is 0 Å². The number of amides is 1. The number of nitrogens with zero attached hydrogens (tertiary/aromatic N) is 2. The van der Waals surface area contributed by atoms with Crippen LogP contribution in [0.4, 0.5) is 4.39 Å². The van der Waals surface area contributed by atoms with Crippen molar-refractivity contribution in [1.82, 2.24) is 15.3 Å². The molecule has 2 aromatic heterocycles. The lowest BCUT2D eigenvalue weighted by atomic mass is 9.79. The van der Waals surface area contributed by atoms with Crippen LogP contribution in [0.5, 0.6) is 0 Å². The summed E-state index contributed by atoms with van der Waals surface area (Å²) in [4.78, 5) is 32.2. The highest BCUT2D eigenvalue weighted by atomic mass is 35.5. The summed E-state index contributed by atoms with van der Waals surface area (Å²) in [6.07, 6.45) is 10.8. The fraction of sp³-hybridized carbons (Fsp3) is 0.520. The molecule has 7 nitrogen and oxygen atoms in total. The number of carboxylic acids is 1. The lowest BCUT2D eigenvalue weighted by Crippen LogP contribution is -2.42. The van der Waals surface area contributed by atoms with Crippen molar-refractivity contribution in [2.45, 2.75) is 69.9 Å². The molecule has 4 rings (SSSR count). The number of aliphatic carboxylic acids is 1. The largest absolute Gasteiger partial charge is 0.480 e. The fourth-order valence-electron chi connectivity index (χ4n) is 4.63. The quantitative estimate of drug-likeness (QED) is 0.520. The third kappa shape index (κ3) is 6.10. The molecular formula is C25H29ClFN3O4. The number of ether oxygens (including phenoxy) is 1. The van der Waals surface area contributed by atoms with Crippen LogP contribution in [0.1, 0.15) is 65.8 Å². The molecule has 0 saturated heterocycles. The molecule has 0 radical (unpaired) electrons. The molecule has 1 atom stereocenters. The summed E-state index contributed by atoms with van der Waals surface area (Å²) in [5.41, 5.74) is 3.42. The molecule has 2 aliphatic carbocycles. The highest BCUT2D eigenvalue weighted by molar-refractivity contribution is 6.33. The topological polar surface area (TPSA) is 101 Å². The van der Waals surface area contributed by atoms with Gasteiger partial charge in [0, 0.05) is 30.6 Å². The molecule has 0 unspecified atom stereocenters. The summed E-state index contributed by atoms with van der Waals surface area (Å²) in [6, 6.07) is 3.18. The Balaban J connectivity index is 1.17. The summed E-state index contributed by atoms with van der Waals surface area (Å²) >= 11 is 5.83. The minimum Gasteiger partial charge on any atom is -0.480 e. The summed E-state index contributed by atoms with van der Waals surface area (Å²) in [5, 5.41) is 11.6. The highest BCUT2D eigenvalue weighted by Gasteiger charge is 2.30. The molecular weight excluding hydrogens is 461 g/mol. The zero-order valence-corrected chi connectivity index (χ0v) is 19.7. The van der Waals surface area contributed by atoms with Gasteiger partial charge in [0.25, 0.3) is 5.91 Å². The first-order chi connectivity index (χ1) is 16.4. The van der Waals surface area contributed by atoms with E-state index < -0.39 is 29.3 Å². The summed E-state index contributed by atoms with van der Waals surface area (Å²) in [7, 11) is 0. The number of carbonyl (C=O) groups is 2. The Morgan fingerprint density at radius 2 is 2.03 bits per heavy atom. The van der Waals surface area contributed by atoms with E-state index in [9.17, 15) is 19.1 Å². The van der Waals surface area contributed by atoms with Crippen LogP contribution in [-0.2, 0) is 28.8 Å². The predicted octanol–water partition coefficient (Wildman–Crippen LogP) is 4.15. The zero-order valence-electron chi connectivity index (χ0n) is 18.9. The van der Waals surface area contributed by atoms with Crippen LogP contribution in [-0.4, -0.2) is 45.7 Å². The van der Waals surface area contributed by atoms with Crippen LogP contribution in [0, 0.1) is 11.7 Å². The SMILES string of the molecule is O=C(N[C@H](CCOC1CC(CCc2ccc3c(n2)CCCC3)C1)C(=O)O)c1c(F)cncc1Cl. The minimum absolute atomic E-state index is 0.0750. The van der Waals surface area contributed by atoms with Crippen LogP contribution < -0.4 is 5.32 Å². The molecule has 1 amide bonds. The van der Waals surface area contributed by atoms with Gasteiger partial charge < -0.3 is 15.2 Å². The summed E-state index contributed by atoms with van der Waals surface area (Å²) in [5.74, 6) is -2.44. The van der Waals surface area contributed by atoms with Crippen molar-refractivity contribution >= 4 is 23.5 Å². The van der Waals surface area contributed by atoms with Gasteiger partial charge in [0.2, 0.25) is 0 Å². The smallest absolute Gasteiger partial charge is 0.326 e. The average molecular weight is 490 g/mol. The van der Waals surface area contributed by atoms with E-state index >= 15 is 0 Å². The standard InChI is InChI=1S/C25H29ClFN3O4/c26-19-13-28-14-20(27)23(19)24(31)30-22(25(32)33)9-10-34-18-11-15(12-18)5-7-17-8-6-16-3-1-2-4-21(16)29-17/h6,8,13-15,18,22H,1-5,7,9-12H2,(H,30,31)(H,32,33)/t15?,18?,22-/m1/s1. The zero-order chi connectivity index (χ0) is 24.1. The molecule has 0 bridgehead atoms. The molecule has 9 heteroatoms. The minimum atomic E-state index is -1.22. The Kier molecular flexibility index (Phi) is 8.11. The number of nitrogens with one attached hydrogen (secondary N) is 1. The van der Waals surface area contributed by atoms with Crippen LogP contribution in [0.15, 0.2) is 24.5 Å². The number of hydrogen-bond acceptors (Lipinski definition) is 5. The number of aryl methyl sites for hydroxylation is 3. The second-order valence-electron chi connectivity index (χ2n) is 9.12. The van der Waals surface area contributed by atoms with E-state index in [-0.39, 0.29) is 24.2 Å². The van der Waals surface area contributed by atoms with E-state index in [1.807, 2.05) is 0 Å². The number of rotatable bonds is 10. The number of halogens is 2. The van der Waals surface area contributed by atoms with Gasteiger partial charge in [-0.25, -0.2) is 9.18 Å². The molecule has 2 aliphatic rings. The lowest BCUT2D eigenvalue weighted by Gasteiger charge is -2.35. The highest BCUT2D eigenvalue weighted by Crippen LogP contribution is 2.34. The van der Waals surface area contributed by atoms with Gasteiger partial charge in [-0.3, -0.25) is 14.8 Å². The maximum Gasteiger partial charge on any atom is 0.326 e. The molecule has 0 aromatic carbocycles. The Bertz CT molecular complexity index is 1020. The van der Waals surface area contributed by atoms with Gasteiger partial charge in [-0.2, -0.15) is 0 Å². The molecule has 0 spiro atoms. The fourth-order valence-corrected chi connectivity index (χ4v) is 4.87. The maximum absolute atomic E-state index is 13.9. The molecule has 2 heterocycles. The molecule has 1 saturated carbocycles. The first-order valence-corrected chi connectivity index (χ1v) is 12.2. The van der Waals surface area contributed by atoms with Crippen LogP contribution in [0.2, 0.25) is 5.02 Å². The van der Waals surface area contributed by atoms with Gasteiger partial charge in [-0.1, -0.05) is 17.7 Å². The summed E-state index contributed by atoms with van der Waals surface area (Å²) < 4.78 is 19.7. The van der Waals surface area contributed by atoms with Crippen molar-refractivity contribution < 1.29 is 23.8 Å². The Hall–Kier alpha value is -2.58. The van der Waals surface area contributed by atoms with E-state index in [1.54, 1.807) is 0 Å². The monoisotopic (exact) mass is 489 g/mol. The van der Waals surface area contributed by atoms with Crippen molar-refractivity contribution in [3.05, 3.63) is 57.9 Å². The number of carbonyl (C=O) groups excluding carboxylic acids is 1. The van der Waals surface area contributed by atoms with Gasteiger partial charge in [-0.05, 0) is 68.9 Å². The molecule has 2 N–H and O–H groups in total. The molecule has 182 valence electrons. The number of fused-ring (bicyclic) bond motifs is 1. The van der Waals surface area contributed by atoms with E-state index in [0.717, 1.165) is 56.6 Å². The second-order valence-corrected chi connectivity index (χ2v) is 9.52. The van der Waals surface area contributed by atoms with Crippen molar-refractivity contribution in [2.24, 2.45) is 5.92 Å². The van der Waals surface area contributed by atoms with Crippen LogP contribution in [0.3, 0.4) is 0 Å². The van der Waals surface area contributed by atoms with E-state index in [2.05, 4.69) is 22.4 Å². The maximum atomic E-state index is 13.9. The molecule has 1 fully saturated rings. The van der Waals surface area contributed by atoms with Gasteiger partial charge in [0.15, 0.2) is 5.82 Å². The van der Waals surface area contributed by atoms with Crippen molar-refractivity contribution in [2.75, 3.05) is 6.61 Å². The Morgan fingerprint density at radius 3 is 2.79 bits per heavy atom. The summed E-state index contributed by atoms with van der Waals surface area (Å²) in [6.45, 7) is 0.188. The van der Waals surface area contributed by atoms with Gasteiger partial charge in [0.1, 0.15) is 6.04 Å². The molecule has 34 heavy (non-hydrogen) atoms. The van der Waals surface area contributed by atoms with Gasteiger partial charge in [0.05, 0.1) is 22.9 Å². The Morgan fingerprint density at radius 1 is 1.24 bits per heavy atom. The first kappa shape index (κ1) is 24.5. The second kappa shape index (κ2) is 11.2. The van der Waals surface area contributed by atoms with E-state index in [4.69, 9.17) is 21.3 Å². The number of hydrogen-bond donors (Lipinski definition) is 2. The van der Waals surface area contributed by atoms with Crippen molar-refractivity contribution in [3.8, 4) is 0 Å². The van der Waals surface area contributed by atoms with Crippen LogP contribution >= 0.6 is 11.6 Å². The van der Waals surface area contributed by atoms with Gasteiger partial charge >= 0.3 is 5.97 Å². The average Bonchev–Trinajstić information content (AvgIpc) is 2.78. The number of aromatic nitrogens is 2. The van der Waals surface area contributed by atoms with E-state index in [1.165, 1.54) is 24.1 Å². The van der Waals surface area contributed by atoms with Gasteiger partial charge in [-0.15, -0.1) is 0 Å². The third-order valence-corrected chi connectivity index (χ3v) is 6.97. The predicted molar refractivity (Wildman–Crippen MR) is 124 cm³/mol. The lowest BCUT2D eigenvalue weighted by molar-refractivity contribution is -0.140. The number of carboxylic acid groups (broad SMARTS) is 1. The number of pyridine rings is 2. The normalized spacial score (nSPS) is 20.2. The first-order valence-electron chi connectivity index (χ1n) is 11.8. The molecule has 0 aliphatic heterocycles. The Labute approximate surface area is 203 Å². The van der Waals surface area contributed by atoms with E-state index in [0.29, 0.717) is 5.92 Å². The van der Waals surface area contributed by atoms with Crippen LogP contribution in [0.25, 0.3) is 0 Å². The van der Waals surface area contributed by atoms with Crippen molar-refractivity contribution in [1.29, 1.82) is 0 Å². The third-order valence-electron chi connectivity index (χ3n) is 6.68.